The van der Waals surface area contributed by atoms with Gasteiger partial charge in [0.15, 0.2) is 5.69 Å². The van der Waals surface area contributed by atoms with E-state index in [1.807, 2.05) is 45.0 Å². The van der Waals surface area contributed by atoms with Crippen molar-refractivity contribution in [2.45, 2.75) is 26.4 Å². The smallest absolute Gasteiger partial charge is 0.243 e. The van der Waals surface area contributed by atoms with E-state index in [9.17, 15) is 0 Å². The molecule has 20 heavy (non-hydrogen) atoms. The first-order valence-electron chi connectivity index (χ1n) is 6.66. The van der Waals surface area contributed by atoms with Crippen LogP contribution in [-0.2, 0) is 0 Å². The Morgan fingerprint density at radius 2 is 1.80 bits per heavy atom. The minimum Gasteiger partial charge on any atom is -0.470 e. The second-order valence-electron chi connectivity index (χ2n) is 5.62. The van der Waals surface area contributed by atoms with Crippen LogP contribution < -0.4 is 4.74 Å². The summed E-state index contributed by atoms with van der Waals surface area (Å²) in [7, 11) is 0. The third kappa shape index (κ3) is 2.77. The average molecular weight is 287 g/mol. The summed E-state index contributed by atoms with van der Waals surface area (Å²) in [4.78, 5) is 13.8. The van der Waals surface area contributed by atoms with Crippen molar-refractivity contribution < 1.29 is 4.74 Å². The fraction of sp³-hybridized carbons (Fsp3) is 0.400. The summed E-state index contributed by atoms with van der Waals surface area (Å²) in [5.74, 6) is 1.57. The van der Waals surface area contributed by atoms with Crippen molar-refractivity contribution in [3.05, 3.63) is 30.0 Å². The van der Waals surface area contributed by atoms with Gasteiger partial charge in [0.1, 0.15) is 10.6 Å². The van der Waals surface area contributed by atoms with Crippen LogP contribution in [0.1, 0.15) is 26.5 Å². The summed E-state index contributed by atoms with van der Waals surface area (Å²) < 4.78 is 5.99. The van der Waals surface area contributed by atoms with E-state index >= 15 is 0 Å². The number of aliphatic imine (C=N–C) groups is 1. The topological polar surface area (TPSA) is 47.4 Å². The molecule has 0 spiro atoms. The molecule has 0 bridgehead atoms. The normalized spacial score (nSPS) is 15.4. The number of para-hydroxylation sites is 2. The lowest BCUT2D eigenvalue weighted by Crippen LogP contribution is -2.25. The van der Waals surface area contributed by atoms with E-state index in [1.165, 1.54) is 0 Å². The van der Waals surface area contributed by atoms with E-state index in [0.29, 0.717) is 5.88 Å². The zero-order valence-corrected chi connectivity index (χ0v) is 12.7. The Hall–Kier alpha value is -1.62. The first kappa shape index (κ1) is 13.4. The Kier molecular flexibility index (Phi) is 3.38. The van der Waals surface area contributed by atoms with Gasteiger partial charge >= 0.3 is 0 Å². The number of hydrogen-bond acceptors (Lipinski definition) is 5. The van der Waals surface area contributed by atoms with Crippen LogP contribution in [0.4, 0.5) is 0 Å². The summed E-state index contributed by atoms with van der Waals surface area (Å²) in [6, 6.07) is 7.84. The van der Waals surface area contributed by atoms with Crippen LogP contribution in [0.3, 0.4) is 0 Å². The standard InChI is InChI=1S/C15H17N3OS/c1-15(2,3)19-13-12(14-16-8-9-20-14)17-10-6-4-5-7-11(10)18-13/h4-7H,8-9H2,1-3H3. The largest absolute Gasteiger partial charge is 0.470 e. The molecular weight excluding hydrogens is 270 g/mol. The minimum atomic E-state index is -0.310. The molecule has 0 atom stereocenters. The fourth-order valence-corrected chi connectivity index (χ4v) is 2.79. The molecule has 4 nitrogen and oxygen atoms in total. The molecule has 2 heterocycles. The van der Waals surface area contributed by atoms with E-state index in [1.54, 1.807) is 11.8 Å². The van der Waals surface area contributed by atoms with Gasteiger partial charge in [0.25, 0.3) is 0 Å². The fourth-order valence-electron chi connectivity index (χ4n) is 1.96. The highest BCUT2D eigenvalue weighted by Gasteiger charge is 2.23. The number of thioether (sulfide) groups is 1. The molecule has 1 aromatic heterocycles. The van der Waals surface area contributed by atoms with Gasteiger partial charge in [-0.1, -0.05) is 12.1 Å². The van der Waals surface area contributed by atoms with Crippen LogP contribution in [0.2, 0.25) is 0 Å². The Labute approximate surface area is 122 Å². The Morgan fingerprint density at radius 3 is 2.40 bits per heavy atom. The van der Waals surface area contributed by atoms with Gasteiger partial charge in [0, 0.05) is 12.3 Å². The van der Waals surface area contributed by atoms with Gasteiger partial charge in [-0.05, 0) is 32.9 Å². The number of fused-ring (bicyclic) bond motifs is 1. The predicted octanol–water partition coefficient (Wildman–Crippen LogP) is 3.30. The quantitative estimate of drug-likeness (QED) is 0.850. The second kappa shape index (κ2) is 5.05. The molecule has 0 fully saturated rings. The zero-order valence-electron chi connectivity index (χ0n) is 11.9. The van der Waals surface area contributed by atoms with Gasteiger partial charge in [0.2, 0.25) is 5.88 Å². The molecule has 1 aliphatic rings. The lowest BCUT2D eigenvalue weighted by Gasteiger charge is -2.22. The molecule has 0 saturated carbocycles. The molecule has 104 valence electrons. The average Bonchev–Trinajstić information content (AvgIpc) is 2.89. The summed E-state index contributed by atoms with van der Waals surface area (Å²) in [6.45, 7) is 6.87. The molecule has 1 aliphatic heterocycles. The predicted molar refractivity (Wildman–Crippen MR) is 83.8 cm³/mol. The molecule has 0 radical (unpaired) electrons. The van der Waals surface area contributed by atoms with Gasteiger partial charge in [-0.15, -0.1) is 11.8 Å². The molecule has 5 heteroatoms. The molecular formula is C15H17N3OS. The summed E-state index contributed by atoms with van der Waals surface area (Å²) in [6.07, 6.45) is 0. The van der Waals surface area contributed by atoms with E-state index in [-0.39, 0.29) is 5.60 Å². The minimum absolute atomic E-state index is 0.310. The SMILES string of the molecule is CC(C)(C)Oc1nc2ccccc2nc1C1=NCCS1. The summed E-state index contributed by atoms with van der Waals surface area (Å²) >= 11 is 1.71. The van der Waals surface area contributed by atoms with E-state index in [4.69, 9.17) is 9.72 Å². The van der Waals surface area contributed by atoms with Gasteiger partial charge in [0.05, 0.1) is 11.0 Å². The molecule has 0 unspecified atom stereocenters. The van der Waals surface area contributed by atoms with Crippen LogP contribution in [0.5, 0.6) is 5.88 Å². The molecule has 0 amide bonds. The highest BCUT2D eigenvalue weighted by Crippen LogP contribution is 2.28. The third-order valence-corrected chi connectivity index (χ3v) is 3.71. The number of hydrogen-bond donors (Lipinski definition) is 0. The van der Waals surface area contributed by atoms with Crippen molar-refractivity contribution in [1.29, 1.82) is 0 Å². The third-order valence-electron chi connectivity index (χ3n) is 2.73. The van der Waals surface area contributed by atoms with Crippen molar-refractivity contribution in [2.24, 2.45) is 4.99 Å². The molecule has 0 aliphatic carbocycles. The lowest BCUT2D eigenvalue weighted by atomic mass is 10.2. The molecule has 0 N–H and O–H groups in total. The van der Waals surface area contributed by atoms with Gasteiger partial charge in [-0.2, -0.15) is 0 Å². The number of nitrogens with zero attached hydrogens (tertiary/aromatic N) is 3. The highest BCUT2D eigenvalue weighted by molar-refractivity contribution is 8.14. The van der Waals surface area contributed by atoms with Crippen LogP contribution in [-0.4, -0.2) is 32.9 Å². The van der Waals surface area contributed by atoms with Crippen molar-refractivity contribution in [3.63, 3.8) is 0 Å². The maximum Gasteiger partial charge on any atom is 0.243 e. The van der Waals surface area contributed by atoms with E-state index in [2.05, 4.69) is 9.98 Å². The van der Waals surface area contributed by atoms with Crippen LogP contribution in [0, 0.1) is 0 Å². The van der Waals surface area contributed by atoms with E-state index < -0.39 is 0 Å². The number of benzene rings is 1. The monoisotopic (exact) mass is 287 g/mol. The second-order valence-corrected chi connectivity index (χ2v) is 6.70. The molecule has 3 rings (SSSR count). The van der Waals surface area contributed by atoms with Crippen molar-refractivity contribution in [3.8, 4) is 5.88 Å². The summed E-state index contributed by atoms with van der Waals surface area (Å²) in [5, 5.41) is 0.933. The number of ether oxygens (including phenoxy) is 1. The maximum absolute atomic E-state index is 5.99. The number of rotatable bonds is 2. The van der Waals surface area contributed by atoms with Gasteiger partial charge in [-0.3, -0.25) is 4.99 Å². The van der Waals surface area contributed by atoms with Crippen molar-refractivity contribution in [1.82, 2.24) is 9.97 Å². The van der Waals surface area contributed by atoms with E-state index in [0.717, 1.165) is 34.1 Å². The van der Waals surface area contributed by atoms with Crippen molar-refractivity contribution >= 4 is 27.8 Å². The van der Waals surface area contributed by atoms with Crippen LogP contribution in [0.15, 0.2) is 29.3 Å². The summed E-state index contributed by atoms with van der Waals surface area (Å²) in [5.41, 5.74) is 2.18. The van der Waals surface area contributed by atoms with Gasteiger partial charge < -0.3 is 4.74 Å². The van der Waals surface area contributed by atoms with Crippen LogP contribution in [0.25, 0.3) is 11.0 Å². The maximum atomic E-state index is 5.99. The van der Waals surface area contributed by atoms with Crippen molar-refractivity contribution in [2.75, 3.05) is 12.3 Å². The highest BCUT2D eigenvalue weighted by atomic mass is 32.2. The lowest BCUT2D eigenvalue weighted by molar-refractivity contribution is 0.124. The zero-order chi connectivity index (χ0) is 14.2. The number of aromatic nitrogens is 2. The Bertz CT molecular complexity index is 676. The molecule has 0 saturated heterocycles. The Morgan fingerprint density at radius 1 is 1.10 bits per heavy atom. The Balaban J connectivity index is 2.15. The molecule has 2 aromatic rings. The molecule has 1 aromatic carbocycles. The first-order valence-corrected chi connectivity index (χ1v) is 7.65. The first-order chi connectivity index (χ1) is 9.53. The van der Waals surface area contributed by atoms with Gasteiger partial charge in [-0.25, -0.2) is 9.97 Å². The van der Waals surface area contributed by atoms with Crippen LogP contribution >= 0.6 is 11.8 Å².